The Kier molecular flexibility index (Phi) is 31.0. The number of esters is 4. The summed E-state index contributed by atoms with van der Waals surface area (Å²) in [7, 11) is 0. The van der Waals surface area contributed by atoms with Gasteiger partial charge in [0.2, 0.25) is 0 Å². The van der Waals surface area contributed by atoms with Crippen molar-refractivity contribution in [1.29, 1.82) is 0 Å². The monoisotopic (exact) mass is 902 g/mol. The molecule has 0 radical (unpaired) electrons. The molecule has 3 rings (SSSR count). The Bertz CT molecular complexity index is 1680. The molecule has 0 unspecified atom stereocenters. The number of aliphatic hydroxyl groups excluding tert-OH is 1. The maximum absolute atomic E-state index is 11.7. The van der Waals surface area contributed by atoms with Gasteiger partial charge in [0.1, 0.15) is 12.2 Å². The summed E-state index contributed by atoms with van der Waals surface area (Å²) in [6.45, 7) is 12.7. The molecule has 0 saturated heterocycles. The summed E-state index contributed by atoms with van der Waals surface area (Å²) >= 11 is 0. The zero-order valence-electron chi connectivity index (χ0n) is 38.1. The van der Waals surface area contributed by atoms with Crippen LogP contribution in [-0.2, 0) is 62.0 Å². The third-order valence-corrected chi connectivity index (χ3v) is 8.83. The van der Waals surface area contributed by atoms with E-state index in [4.69, 9.17) is 23.7 Å². The average molecular weight is 903 g/mol. The molecule has 3 atom stereocenters. The maximum Gasteiger partial charge on any atom is 0.306 e. The molecule has 1 N–H and O–H groups in total. The number of carbonyl (C=O) groups is 8. The van der Waals surface area contributed by atoms with Crippen LogP contribution in [0.4, 0.5) is 0 Å². The van der Waals surface area contributed by atoms with Crippen LogP contribution in [0.15, 0.2) is 71.4 Å². The lowest BCUT2D eigenvalue weighted by Crippen LogP contribution is -2.12. The second kappa shape index (κ2) is 33.6. The van der Waals surface area contributed by atoms with Crippen molar-refractivity contribution in [1.82, 2.24) is 0 Å². The van der Waals surface area contributed by atoms with Gasteiger partial charge in [-0.3, -0.25) is 38.4 Å². The normalized spacial score (nSPS) is 18.1. The van der Waals surface area contributed by atoms with E-state index in [1.165, 1.54) is 6.92 Å². The second-order valence-corrected chi connectivity index (χ2v) is 15.8. The van der Waals surface area contributed by atoms with Crippen molar-refractivity contribution in [3.63, 3.8) is 0 Å². The van der Waals surface area contributed by atoms with E-state index in [1.807, 2.05) is 78.0 Å². The lowest BCUT2D eigenvalue weighted by Gasteiger charge is -2.06. The van der Waals surface area contributed by atoms with Crippen LogP contribution in [0.1, 0.15) is 145 Å². The van der Waals surface area contributed by atoms with Crippen LogP contribution < -0.4 is 0 Å². The van der Waals surface area contributed by atoms with Crippen molar-refractivity contribution >= 4 is 61.2 Å². The highest BCUT2D eigenvalue weighted by atomic mass is 32.1. The van der Waals surface area contributed by atoms with Crippen LogP contribution in [-0.4, -0.2) is 89.4 Å². The van der Waals surface area contributed by atoms with E-state index in [1.54, 1.807) is 18.2 Å². The highest BCUT2D eigenvalue weighted by Gasteiger charge is 2.25. The summed E-state index contributed by atoms with van der Waals surface area (Å²) in [6, 6.07) is 0. The molecule has 63 heavy (non-hydrogen) atoms. The second-order valence-electron chi connectivity index (χ2n) is 15.8. The number of carbonyl (C=O) groups excluding carboxylic acids is 8. The van der Waals surface area contributed by atoms with Gasteiger partial charge in [0.25, 0.3) is 6.47 Å². The lowest BCUT2D eigenvalue weighted by atomic mass is 10.1. The highest BCUT2D eigenvalue weighted by Crippen LogP contribution is 2.22. The van der Waals surface area contributed by atoms with Crippen LogP contribution in [0.3, 0.4) is 0 Å². The Hall–Kier alpha value is -4.89. The molecule has 0 fully saturated rings. The summed E-state index contributed by atoms with van der Waals surface area (Å²) in [4.78, 5) is 89.6. The molecular formula is C48H70O14S. The molecule has 0 spiro atoms. The topological polar surface area (TPSA) is 203 Å². The smallest absolute Gasteiger partial charge is 0.306 e. The number of rotatable bonds is 24. The predicted octanol–water partition coefficient (Wildman–Crippen LogP) is 7.81. The summed E-state index contributed by atoms with van der Waals surface area (Å²) < 4.78 is 24.8. The first-order chi connectivity index (χ1) is 29.4. The summed E-state index contributed by atoms with van der Waals surface area (Å²) in [5.41, 5.74) is 2.04. The Morgan fingerprint density at radius 1 is 0.587 bits per heavy atom. The average Bonchev–Trinajstić information content (AvgIpc) is 3.81. The fourth-order valence-corrected chi connectivity index (χ4v) is 6.12. The van der Waals surface area contributed by atoms with Crippen molar-refractivity contribution in [2.45, 2.75) is 181 Å². The fourth-order valence-electron chi connectivity index (χ4n) is 6.12. The molecule has 352 valence electrons. The zero-order valence-corrected chi connectivity index (χ0v) is 39.1. The SMILES string of the molecule is CC(=O)O[C@H]1C=C(C/C=C\CCCC(=O)OC(C)C)C(=O)C1.CC(C)OC(=O)CCC/C=C\CC1=C[C@H](O)CC1=O.CC(C)OC(=O)CCC/C=C\CC1=C[C@H](OC=O)CC1=O.S. The lowest BCUT2D eigenvalue weighted by molar-refractivity contribution is -0.148. The van der Waals surface area contributed by atoms with Gasteiger partial charge in [-0.05, 0) is 134 Å². The fraction of sp³-hybridized carbons (Fsp3) is 0.583. The van der Waals surface area contributed by atoms with E-state index < -0.39 is 18.3 Å². The molecule has 14 nitrogen and oxygen atoms in total. The van der Waals surface area contributed by atoms with Crippen molar-refractivity contribution in [2.24, 2.45) is 0 Å². The maximum atomic E-state index is 11.7. The third-order valence-electron chi connectivity index (χ3n) is 8.83. The Labute approximate surface area is 380 Å². The molecule has 0 heterocycles. The van der Waals surface area contributed by atoms with Crippen LogP contribution >= 0.6 is 13.5 Å². The number of ketones is 3. The van der Waals surface area contributed by atoms with E-state index in [2.05, 4.69) is 0 Å². The van der Waals surface area contributed by atoms with Crippen molar-refractivity contribution in [2.75, 3.05) is 0 Å². The summed E-state index contributed by atoms with van der Waals surface area (Å²) in [6.07, 6.45) is 23.0. The van der Waals surface area contributed by atoms with Gasteiger partial charge in [-0.15, -0.1) is 0 Å². The van der Waals surface area contributed by atoms with Crippen LogP contribution in [0.25, 0.3) is 0 Å². The van der Waals surface area contributed by atoms with Crippen molar-refractivity contribution in [3.05, 3.63) is 71.4 Å². The highest BCUT2D eigenvalue weighted by molar-refractivity contribution is 7.59. The van der Waals surface area contributed by atoms with E-state index in [0.29, 0.717) is 61.7 Å². The first-order valence-corrected chi connectivity index (χ1v) is 21.6. The quantitative estimate of drug-likeness (QED) is 0.0323. The van der Waals surface area contributed by atoms with Crippen LogP contribution in [0.5, 0.6) is 0 Å². The number of hydrogen-bond donors (Lipinski definition) is 1. The van der Waals surface area contributed by atoms with E-state index >= 15 is 0 Å². The number of ether oxygens (including phenoxy) is 5. The molecule has 0 aromatic carbocycles. The molecule has 0 aromatic heterocycles. The molecule has 0 bridgehead atoms. The van der Waals surface area contributed by atoms with Gasteiger partial charge in [-0.25, -0.2) is 0 Å². The molecule has 15 heteroatoms. The van der Waals surface area contributed by atoms with Crippen molar-refractivity contribution < 1.29 is 67.1 Å². The third kappa shape index (κ3) is 29.2. The van der Waals surface area contributed by atoms with Crippen LogP contribution in [0, 0.1) is 0 Å². The van der Waals surface area contributed by atoms with E-state index in [-0.39, 0.29) is 92.3 Å². The molecule has 0 saturated carbocycles. The number of Topliss-reactive ketones (excluding diaryl/α,β-unsaturated/α-hetero) is 3. The summed E-state index contributed by atoms with van der Waals surface area (Å²) in [5, 5.41) is 9.27. The van der Waals surface area contributed by atoms with E-state index in [9.17, 15) is 43.5 Å². The number of unbranched alkanes of at least 4 members (excludes halogenated alkanes) is 3. The van der Waals surface area contributed by atoms with Gasteiger partial charge in [0.05, 0.1) is 37.3 Å². The molecule has 0 aliphatic heterocycles. The standard InChI is InChI=1S/C17H24O5.C16H22O5.C15H22O4.H2S/c1-12(2)21-17(20)9-7-5-4-6-8-14-10-15(11-16(14)19)22-13(3)18;1-12(2)21-16(19)8-6-4-3-5-7-13-9-14(20-11-17)10-15(13)18;1-11(2)19-15(18)8-6-4-3-5-7-12-9-13(16)10-14(12)17;/h4,6,10,12,15H,5,7-9,11H2,1-3H3;3,5,9,11-12,14H,4,6-8,10H2,1-2H3;3,5,9,11,13,16H,4,6-8,10H2,1-2H3;1H2/b6-4-;2*5-3-;/t15-;14-;13-;/m000./s1. The van der Waals surface area contributed by atoms with Gasteiger partial charge in [0.15, 0.2) is 17.3 Å². The molecule has 0 aromatic rings. The molecule has 3 aliphatic rings. The number of hydrogen-bond acceptors (Lipinski definition) is 14. The Balaban J connectivity index is 0.000000910. The van der Waals surface area contributed by atoms with Gasteiger partial charge < -0.3 is 28.8 Å². The largest absolute Gasteiger partial charge is 0.463 e. The number of aliphatic hydroxyl groups is 1. The van der Waals surface area contributed by atoms with Crippen molar-refractivity contribution in [3.8, 4) is 0 Å². The molecule has 0 amide bonds. The minimum atomic E-state index is -0.610. The van der Waals surface area contributed by atoms with E-state index in [0.717, 1.165) is 38.5 Å². The predicted molar refractivity (Wildman–Crippen MR) is 243 cm³/mol. The van der Waals surface area contributed by atoms with Gasteiger partial charge >= 0.3 is 23.9 Å². The zero-order chi connectivity index (χ0) is 46.5. The molecular weight excluding hydrogens is 833 g/mol. The minimum Gasteiger partial charge on any atom is -0.463 e. The number of allylic oxidation sites excluding steroid dienone is 9. The first-order valence-electron chi connectivity index (χ1n) is 21.6. The van der Waals surface area contributed by atoms with Crippen LogP contribution in [0.2, 0.25) is 0 Å². The molecule has 3 aliphatic carbocycles. The van der Waals surface area contributed by atoms with Gasteiger partial charge in [-0.1, -0.05) is 36.5 Å². The minimum absolute atomic E-state index is 0. The van der Waals surface area contributed by atoms with Gasteiger partial charge in [0, 0.05) is 32.6 Å². The Morgan fingerprint density at radius 2 is 0.937 bits per heavy atom. The Morgan fingerprint density at radius 3 is 1.27 bits per heavy atom. The first kappa shape index (κ1) is 58.1. The summed E-state index contributed by atoms with van der Waals surface area (Å²) in [5.74, 6) is -0.831. The van der Waals surface area contributed by atoms with Gasteiger partial charge in [-0.2, -0.15) is 13.5 Å².